The minimum atomic E-state index is -3.38. The Morgan fingerprint density at radius 1 is 1.47 bits per heavy atom. The van der Waals surface area contributed by atoms with Gasteiger partial charge in [-0.1, -0.05) is 0 Å². The fraction of sp³-hybridized carbons (Fsp3) is 0.250. The highest BCUT2D eigenvalue weighted by molar-refractivity contribution is 7.92. The fourth-order valence-electron chi connectivity index (χ4n) is 0.916. The highest BCUT2D eigenvalue weighted by Gasteiger charge is 2.08. The largest absolute Gasteiger partial charge is 0.505 e. The van der Waals surface area contributed by atoms with Crippen molar-refractivity contribution in [2.45, 2.75) is 6.92 Å². The van der Waals surface area contributed by atoms with E-state index < -0.39 is 10.0 Å². The first kappa shape index (κ1) is 11.4. The number of nitroso groups, excluding NO2 is 1. The Bertz CT molecular complexity index is 470. The highest BCUT2D eigenvalue weighted by atomic mass is 32.2. The zero-order chi connectivity index (χ0) is 11.5. The second-order valence-corrected chi connectivity index (χ2v) is 4.81. The van der Waals surface area contributed by atoms with Crippen LogP contribution < -0.4 is 4.72 Å². The standard InChI is InChI=1S/C8H10N2O4S/c1-2-15(13,14)10-6-3-4-7(9-12)8(11)5-6/h3-5,10-11H,2H2,1H3. The molecule has 0 bridgehead atoms. The van der Waals surface area contributed by atoms with Crippen LogP contribution in [0.15, 0.2) is 23.4 Å². The van der Waals surface area contributed by atoms with Gasteiger partial charge in [0.15, 0.2) is 0 Å². The van der Waals surface area contributed by atoms with Crippen LogP contribution in [0, 0.1) is 4.91 Å². The highest BCUT2D eigenvalue weighted by Crippen LogP contribution is 2.29. The van der Waals surface area contributed by atoms with Crippen molar-refractivity contribution >= 4 is 21.4 Å². The third-order valence-corrected chi connectivity index (χ3v) is 3.03. The van der Waals surface area contributed by atoms with Gasteiger partial charge < -0.3 is 5.11 Å². The van der Waals surface area contributed by atoms with Gasteiger partial charge in [-0.3, -0.25) is 4.72 Å². The Morgan fingerprint density at radius 2 is 2.13 bits per heavy atom. The number of benzene rings is 1. The molecule has 82 valence electrons. The van der Waals surface area contributed by atoms with Crippen LogP contribution >= 0.6 is 0 Å². The lowest BCUT2D eigenvalue weighted by Gasteiger charge is -2.06. The molecule has 0 heterocycles. The molecule has 0 aromatic heterocycles. The normalized spacial score (nSPS) is 11.0. The lowest BCUT2D eigenvalue weighted by atomic mass is 10.3. The number of nitrogens with zero attached hydrogens (tertiary/aromatic N) is 1. The molecule has 0 radical (unpaired) electrons. The lowest BCUT2D eigenvalue weighted by molar-refractivity contribution is 0.477. The number of phenols is 1. The van der Waals surface area contributed by atoms with E-state index in [-0.39, 0.29) is 22.9 Å². The van der Waals surface area contributed by atoms with E-state index in [1.54, 1.807) is 0 Å². The number of rotatable bonds is 4. The molecule has 0 spiro atoms. The molecule has 1 rings (SSSR count). The van der Waals surface area contributed by atoms with Crippen LogP contribution in [0.1, 0.15) is 6.92 Å². The summed E-state index contributed by atoms with van der Waals surface area (Å²) in [5, 5.41) is 11.8. The molecule has 0 aliphatic rings. The van der Waals surface area contributed by atoms with Crippen molar-refractivity contribution < 1.29 is 13.5 Å². The summed E-state index contributed by atoms with van der Waals surface area (Å²) in [5.74, 6) is -0.428. The smallest absolute Gasteiger partial charge is 0.232 e. The van der Waals surface area contributed by atoms with Gasteiger partial charge in [0.25, 0.3) is 0 Å². The minimum Gasteiger partial charge on any atom is -0.505 e. The molecule has 6 nitrogen and oxygen atoms in total. The molecule has 0 atom stereocenters. The summed E-state index contributed by atoms with van der Waals surface area (Å²) in [6.07, 6.45) is 0. The van der Waals surface area contributed by atoms with Gasteiger partial charge in [-0.2, -0.15) is 0 Å². The van der Waals surface area contributed by atoms with Crippen LogP contribution in [0.3, 0.4) is 0 Å². The average Bonchev–Trinajstić information content (AvgIpc) is 2.17. The number of anilines is 1. The van der Waals surface area contributed by atoms with Gasteiger partial charge in [0.1, 0.15) is 11.4 Å². The number of hydrogen-bond acceptors (Lipinski definition) is 5. The molecule has 7 heteroatoms. The molecule has 2 N–H and O–H groups in total. The molecule has 0 fully saturated rings. The molecule has 15 heavy (non-hydrogen) atoms. The monoisotopic (exact) mass is 230 g/mol. The molecule has 0 aliphatic heterocycles. The van der Waals surface area contributed by atoms with Crippen LogP contribution in [-0.2, 0) is 10.0 Å². The molecule has 0 amide bonds. The van der Waals surface area contributed by atoms with Crippen LogP contribution in [0.4, 0.5) is 11.4 Å². The third kappa shape index (κ3) is 2.91. The quantitative estimate of drug-likeness (QED) is 0.767. The zero-order valence-electron chi connectivity index (χ0n) is 7.97. The Balaban J connectivity index is 2.99. The third-order valence-electron chi connectivity index (χ3n) is 1.73. The molecule has 0 saturated heterocycles. The Kier molecular flexibility index (Phi) is 3.25. The Hall–Kier alpha value is -1.63. The van der Waals surface area contributed by atoms with Crippen molar-refractivity contribution in [1.82, 2.24) is 0 Å². The SMILES string of the molecule is CCS(=O)(=O)Nc1ccc(N=O)c(O)c1. The van der Waals surface area contributed by atoms with Gasteiger partial charge in [0.2, 0.25) is 10.0 Å². The van der Waals surface area contributed by atoms with E-state index in [4.69, 9.17) is 0 Å². The molecule has 0 saturated carbocycles. The van der Waals surface area contributed by atoms with E-state index in [1.807, 2.05) is 0 Å². The van der Waals surface area contributed by atoms with Crippen LogP contribution in [0.25, 0.3) is 0 Å². The van der Waals surface area contributed by atoms with E-state index in [0.29, 0.717) is 0 Å². The zero-order valence-corrected chi connectivity index (χ0v) is 8.78. The van der Waals surface area contributed by atoms with Gasteiger partial charge in [0, 0.05) is 6.07 Å². The van der Waals surface area contributed by atoms with Gasteiger partial charge >= 0.3 is 0 Å². The van der Waals surface area contributed by atoms with Crippen molar-refractivity contribution in [2.24, 2.45) is 5.18 Å². The summed E-state index contributed by atoms with van der Waals surface area (Å²) in [5.41, 5.74) is 0.0659. The number of sulfonamides is 1. The maximum Gasteiger partial charge on any atom is 0.232 e. The van der Waals surface area contributed by atoms with E-state index in [0.717, 1.165) is 6.07 Å². The first-order valence-electron chi connectivity index (χ1n) is 4.15. The summed E-state index contributed by atoms with van der Waals surface area (Å²) in [6.45, 7) is 1.49. The van der Waals surface area contributed by atoms with Crippen molar-refractivity contribution in [1.29, 1.82) is 0 Å². The predicted octanol–water partition coefficient (Wildman–Crippen LogP) is 1.55. The lowest BCUT2D eigenvalue weighted by Crippen LogP contribution is -2.14. The molecular formula is C8H10N2O4S. The maximum atomic E-state index is 11.2. The molecular weight excluding hydrogens is 220 g/mol. The summed E-state index contributed by atoms with van der Waals surface area (Å²) in [6, 6.07) is 3.71. The Morgan fingerprint density at radius 3 is 2.60 bits per heavy atom. The van der Waals surface area contributed by atoms with Crippen molar-refractivity contribution in [2.75, 3.05) is 10.5 Å². The van der Waals surface area contributed by atoms with E-state index in [9.17, 15) is 18.4 Å². The second kappa shape index (κ2) is 4.26. The summed E-state index contributed by atoms with van der Waals surface area (Å²) in [4.78, 5) is 10.1. The molecule has 0 unspecified atom stereocenters. The van der Waals surface area contributed by atoms with E-state index in [2.05, 4.69) is 9.90 Å². The number of nitrogens with one attached hydrogen (secondary N) is 1. The fourth-order valence-corrected chi connectivity index (χ4v) is 1.55. The van der Waals surface area contributed by atoms with Crippen LogP contribution in [0.2, 0.25) is 0 Å². The predicted molar refractivity (Wildman–Crippen MR) is 56.6 cm³/mol. The second-order valence-electron chi connectivity index (χ2n) is 2.80. The van der Waals surface area contributed by atoms with E-state index in [1.165, 1.54) is 19.1 Å². The summed E-state index contributed by atoms with van der Waals surface area (Å²) >= 11 is 0. The number of hydrogen-bond donors (Lipinski definition) is 2. The number of aromatic hydroxyl groups is 1. The maximum absolute atomic E-state index is 11.2. The average molecular weight is 230 g/mol. The molecule has 0 aliphatic carbocycles. The molecule has 1 aromatic rings. The molecule has 1 aromatic carbocycles. The van der Waals surface area contributed by atoms with Gasteiger partial charge in [0.05, 0.1) is 11.4 Å². The van der Waals surface area contributed by atoms with Crippen LogP contribution in [0.5, 0.6) is 5.75 Å². The van der Waals surface area contributed by atoms with Gasteiger partial charge in [-0.25, -0.2) is 8.42 Å². The van der Waals surface area contributed by atoms with Crippen molar-refractivity contribution in [3.8, 4) is 5.75 Å². The summed E-state index contributed by atoms with van der Waals surface area (Å²) in [7, 11) is -3.38. The van der Waals surface area contributed by atoms with Crippen LogP contribution in [-0.4, -0.2) is 19.3 Å². The number of phenolic OH excluding ortho intramolecular Hbond substituents is 1. The first-order chi connectivity index (χ1) is 6.98. The van der Waals surface area contributed by atoms with E-state index >= 15 is 0 Å². The summed E-state index contributed by atoms with van der Waals surface area (Å²) < 4.78 is 24.5. The minimum absolute atomic E-state index is 0.0680. The topological polar surface area (TPSA) is 95.8 Å². The first-order valence-corrected chi connectivity index (χ1v) is 5.80. The van der Waals surface area contributed by atoms with Gasteiger partial charge in [-0.15, -0.1) is 4.91 Å². The van der Waals surface area contributed by atoms with Gasteiger partial charge in [-0.05, 0) is 24.2 Å². The Labute approximate surface area is 87.0 Å². The van der Waals surface area contributed by atoms with Crippen molar-refractivity contribution in [3.05, 3.63) is 23.1 Å². The van der Waals surface area contributed by atoms with Crippen molar-refractivity contribution in [3.63, 3.8) is 0 Å².